The van der Waals surface area contributed by atoms with Crippen LogP contribution in [0.15, 0.2) is 30.6 Å². The van der Waals surface area contributed by atoms with E-state index in [2.05, 4.69) is 15.3 Å². The van der Waals surface area contributed by atoms with Gasteiger partial charge in [-0.1, -0.05) is 0 Å². The summed E-state index contributed by atoms with van der Waals surface area (Å²) >= 11 is 0. The average molecular weight is 361 g/mol. The fraction of sp³-hybridized carbons (Fsp3) is 0.278. The van der Waals surface area contributed by atoms with E-state index < -0.39 is 30.8 Å². The lowest BCUT2D eigenvalue weighted by molar-refractivity contribution is -0.117. The van der Waals surface area contributed by atoms with Gasteiger partial charge in [0.1, 0.15) is 17.8 Å². The van der Waals surface area contributed by atoms with E-state index in [9.17, 15) is 13.6 Å². The van der Waals surface area contributed by atoms with Gasteiger partial charge < -0.3 is 14.6 Å². The van der Waals surface area contributed by atoms with Crippen molar-refractivity contribution in [3.63, 3.8) is 0 Å². The molecule has 0 aliphatic heterocycles. The molecule has 3 aromatic rings. The molecule has 2 atom stereocenters. The third kappa shape index (κ3) is 2.77. The molecular formula is C18H16F2N4O2. The number of rotatable bonds is 4. The molecule has 1 aliphatic rings. The molecule has 4 rings (SSSR count). The van der Waals surface area contributed by atoms with Gasteiger partial charge in [0.2, 0.25) is 11.8 Å². The molecule has 26 heavy (non-hydrogen) atoms. The average Bonchev–Trinajstić information content (AvgIpc) is 3.25. The van der Waals surface area contributed by atoms with Gasteiger partial charge in [0.05, 0.1) is 42.2 Å². The maximum atomic E-state index is 13.8. The van der Waals surface area contributed by atoms with Crippen molar-refractivity contribution in [3.8, 4) is 17.1 Å². The molecule has 0 spiro atoms. The highest BCUT2D eigenvalue weighted by molar-refractivity contribution is 5.96. The predicted molar refractivity (Wildman–Crippen MR) is 92.1 cm³/mol. The number of nitrogens with one attached hydrogen (secondary N) is 1. The van der Waals surface area contributed by atoms with Crippen LogP contribution < -0.4 is 10.1 Å². The third-order valence-electron chi connectivity index (χ3n) is 4.28. The van der Waals surface area contributed by atoms with Gasteiger partial charge in [-0.25, -0.2) is 18.7 Å². The van der Waals surface area contributed by atoms with E-state index in [4.69, 9.17) is 8.85 Å². The Morgan fingerprint density at radius 1 is 1.38 bits per heavy atom. The number of alkyl halides is 1. The standard InChI is InChI=1S/C18H16F2N4O2/c1-24-14(12-5-10(19)7-22-18(12)26-2)3-9-4-16(21-8-15(9)24)23-17(25)11-6-13(11)20/h3-5,7-8,11,13H,6H2,1-2H3,(H,21,23,25)/i1D3. The number of nitrogens with zero attached hydrogens (tertiary/aromatic N) is 3. The van der Waals surface area contributed by atoms with Gasteiger partial charge in [-0.05, 0) is 24.6 Å². The second kappa shape index (κ2) is 6.05. The number of pyridine rings is 2. The summed E-state index contributed by atoms with van der Waals surface area (Å²) in [5.41, 5.74) is 0.558. The molecule has 3 aromatic heterocycles. The third-order valence-corrected chi connectivity index (χ3v) is 4.28. The molecule has 2 unspecified atom stereocenters. The Morgan fingerprint density at radius 2 is 2.19 bits per heavy atom. The van der Waals surface area contributed by atoms with Gasteiger partial charge in [0.25, 0.3) is 0 Å². The van der Waals surface area contributed by atoms with Crippen molar-refractivity contribution >= 4 is 22.6 Å². The lowest BCUT2D eigenvalue weighted by Crippen LogP contribution is -2.15. The van der Waals surface area contributed by atoms with Crippen LogP contribution in [-0.4, -0.2) is 33.7 Å². The first-order valence-electron chi connectivity index (χ1n) is 9.36. The topological polar surface area (TPSA) is 69.0 Å². The molecule has 3 heterocycles. The van der Waals surface area contributed by atoms with Gasteiger partial charge in [0, 0.05) is 16.5 Å². The second-order valence-electron chi connectivity index (χ2n) is 6.05. The zero-order valence-electron chi connectivity index (χ0n) is 16.7. The second-order valence-corrected chi connectivity index (χ2v) is 6.05. The Hall–Kier alpha value is -3.03. The van der Waals surface area contributed by atoms with E-state index in [1.165, 1.54) is 25.4 Å². The maximum Gasteiger partial charge on any atom is 0.231 e. The highest BCUT2D eigenvalue weighted by Crippen LogP contribution is 2.35. The smallest absolute Gasteiger partial charge is 0.231 e. The molecule has 1 saturated carbocycles. The monoisotopic (exact) mass is 361 g/mol. The number of ether oxygens (including phenoxy) is 1. The minimum Gasteiger partial charge on any atom is -0.481 e. The summed E-state index contributed by atoms with van der Waals surface area (Å²) in [4.78, 5) is 19.9. The van der Waals surface area contributed by atoms with Gasteiger partial charge in [-0.3, -0.25) is 4.79 Å². The minimum absolute atomic E-state index is 0.0592. The van der Waals surface area contributed by atoms with Crippen molar-refractivity contribution < 1.29 is 22.4 Å². The zero-order chi connectivity index (χ0) is 20.9. The first-order valence-corrected chi connectivity index (χ1v) is 7.86. The van der Waals surface area contributed by atoms with Gasteiger partial charge >= 0.3 is 0 Å². The Labute approximate surface area is 152 Å². The fourth-order valence-electron chi connectivity index (χ4n) is 2.80. The molecule has 0 bridgehead atoms. The molecule has 1 N–H and O–H groups in total. The molecule has 1 amide bonds. The maximum absolute atomic E-state index is 13.8. The van der Waals surface area contributed by atoms with Crippen molar-refractivity contribution in [2.24, 2.45) is 12.9 Å². The number of hydrogen-bond donors (Lipinski definition) is 1. The molecule has 0 aromatic carbocycles. The highest BCUT2D eigenvalue weighted by Gasteiger charge is 2.43. The predicted octanol–water partition coefficient (Wildman–Crippen LogP) is 3.08. The first kappa shape index (κ1) is 13.2. The number of methoxy groups -OCH3 is 1. The Bertz CT molecular complexity index is 1120. The SMILES string of the molecule is [2H]C([2H])([2H])n1c(-c2cc(F)cnc2OC)cc2cc(NC(=O)C3CC3F)ncc21. The number of aryl methyl sites for hydroxylation is 1. The summed E-state index contributed by atoms with van der Waals surface area (Å²) in [5, 5.41) is 2.97. The van der Waals surface area contributed by atoms with Gasteiger partial charge in [0.15, 0.2) is 0 Å². The molecule has 0 radical (unpaired) electrons. The molecule has 0 saturated heterocycles. The number of hydrogen-bond acceptors (Lipinski definition) is 4. The molecule has 1 fully saturated rings. The van der Waals surface area contributed by atoms with Crippen LogP contribution in [0.3, 0.4) is 0 Å². The van der Waals surface area contributed by atoms with Crippen LogP contribution >= 0.6 is 0 Å². The van der Waals surface area contributed by atoms with Crippen molar-refractivity contribution in [2.75, 3.05) is 12.4 Å². The van der Waals surface area contributed by atoms with Crippen LogP contribution in [0.1, 0.15) is 10.5 Å². The number of amides is 1. The summed E-state index contributed by atoms with van der Waals surface area (Å²) in [7, 11) is 1.34. The normalized spacial score (nSPS) is 21.0. The molecule has 134 valence electrons. The molecule has 1 aliphatic carbocycles. The number of halogens is 2. The zero-order valence-corrected chi connectivity index (χ0v) is 13.7. The minimum atomic E-state index is -2.60. The van der Waals surface area contributed by atoms with E-state index in [0.717, 1.165) is 16.8 Å². The summed E-state index contributed by atoms with van der Waals surface area (Å²) in [6.45, 7) is -2.60. The fourth-order valence-corrected chi connectivity index (χ4v) is 2.80. The van der Waals surface area contributed by atoms with Crippen LogP contribution in [0.4, 0.5) is 14.6 Å². The number of anilines is 1. The van der Waals surface area contributed by atoms with Crippen molar-refractivity contribution in [1.82, 2.24) is 14.5 Å². The highest BCUT2D eigenvalue weighted by atomic mass is 19.1. The van der Waals surface area contributed by atoms with E-state index in [-0.39, 0.29) is 34.9 Å². The lowest BCUT2D eigenvalue weighted by atomic mass is 10.2. The number of carbonyl (C=O) groups is 1. The van der Waals surface area contributed by atoms with E-state index >= 15 is 0 Å². The first-order chi connectivity index (χ1) is 13.7. The van der Waals surface area contributed by atoms with E-state index in [0.29, 0.717) is 5.39 Å². The van der Waals surface area contributed by atoms with Crippen LogP contribution in [-0.2, 0) is 11.8 Å². The lowest BCUT2D eigenvalue weighted by Gasteiger charge is -2.08. The van der Waals surface area contributed by atoms with Gasteiger partial charge in [-0.2, -0.15) is 0 Å². The Morgan fingerprint density at radius 3 is 2.88 bits per heavy atom. The van der Waals surface area contributed by atoms with Crippen LogP contribution in [0.25, 0.3) is 22.2 Å². The van der Waals surface area contributed by atoms with Crippen LogP contribution in [0.2, 0.25) is 0 Å². The molecule has 6 nitrogen and oxygen atoms in total. The van der Waals surface area contributed by atoms with E-state index in [1.54, 1.807) is 0 Å². The van der Waals surface area contributed by atoms with Crippen molar-refractivity contribution in [2.45, 2.75) is 12.6 Å². The Balaban J connectivity index is 1.84. The van der Waals surface area contributed by atoms with E-state index in [1.807, 2.05) is 0 Å². The number of fused-ring (bicyclic) bond motifs is 1. The summed E-state index contributed by atoms with van der Waals surface area (Å²) < 4.78 is 56.8. The van der Waals surface area contributed by atoms with Gasteiger partial charge in [-0.15, -0.1) is 0 Å². The Kier molecular flexibility index (Phi) is 3.07. The van der Waals surface area contributed by atoms with Crippen LogP contribution in [0, 0.1) is 11.7 Å². The summed E-state index contributed by atoms with van der Waals surface area (Å²) in [6, 6.07) is 4.13. The quantitative estimate of drug-likeness (QED) is 0.775. The number of aromatic nitrogens is 3. The van der Waals surface area contributed by atoms with Crippen LogP contribution in [0.5, 0.6) is 5.88 Å². The summed E-state index contributed by atoms with van der Waals surface area (Å²) in [6.07, 6.45) is 1.30. The number of carbonyl (C=O) groups excluding carboxylic acids is 1. The molecular weight excluding hydrogens is 342 g/mol. The largest absolute Gasteiger partial charge is 0.481 e. The van der Waals surface area contributed by atoms with Crippen molar-refractivity contribution in [1.29, 1.82) is 0 Å². The van der Waals surface area contributed by atoms with Crippen molar-refractivity contribution in [3.05, 3.63) is 36.4 Å². The molecule has 8 heteroatoms. The summed E-state index contributed by atoms with van der Waals surface area (Å²) in [5.74, 6) is -1.59.